The van der Waals surface area contributed by atoms with E-state index in [1.165, 1.54) is 32.7 Å². The van der Waals surface area contributed by atoms with Gasteiger partial charge in [-0.15, -0.1) is 11.3 Å². The van der Waals surface area contributed by atoms with E-state index in [0.29, 0.717) is 23.9 Å². The molecule has 1 saturated heterocycles. The van der Waals surface area contributed by atoms with Gasteiger partial charge in [0.05, 0.1) is 16.5 Å². The fourth-order valence-corrected chi connectivity index (χ4v) is 5.41. The van der Waals surface area contributed by atoms with Gasteiger partial charge in [-0.05, 0) is 31.2 Å². The lowest BCUT2D eigenvalue weighted by molar-refractivity contribution is -0.122. The number of rotatable bonds is 7. The molecule has 10 heteroatoms. The number of sulfonamides is 1. The van der Waals surface area contributed by atoms with E-state index in [9.17, 15) is 18.0 Å². The Kier molecular flexibility index (Phi) is 6.35. The molecule has 1 unspecified atom stereocenters. The van der Waals surface area contributed by atoms with Gasteiger partial charge in [0.2, 0.25) is 21.8 Å². The molecule has 2 amide bonds. The third-order valence-corrected chi connectivity index (χ3v) is 7.78. The Balaban J connectivity index is 1.71. The molecule has 2 aromatic rings. The first-order valence-corrected chi connectivity index (χ1v) is 11.7. The SMILES string of the molecule is CCN(CC)S(=O)(=O)c1ccc(N2CC(C(=O)Nc3nc(C)cs3)CC2=O)cc1. The van der Waals surface area contributed by atoms with Crippen LogP contribution in [0.25, 0.3) is 0 Å². The van der Waals surface area contributed by atoms with Crippen LogP contribution in [-0.4, -0.2) is 49.2 Å². The van der Waals surface area contributed by atoms with Gasteiger partial charge in [-0.2, -0.15) is 4.31 Å². The Morgan fingerprint density at radius 1 is 1.28 bits per heavy atom. The van der Waals surface area contributed by atoms with Crippen LogP contribution in [0.4, 0.5) is 10.8 Å². The highest BCUT2D eigenvalue weighted by molar-refractivity contribution is 7.89. The Morgan fingerprint density at radius 3 is 2.48 bits per heavy atom. The molecule has 0 aliphatic carbocycles. The molecule has 1 aromatic carbocycles. The molecular weight excluding hydrogens is 412 g/mol. The van der Waals surface area contributed by atoms with Crippen LogP contribution < -0.4 is 10.2 Å². The molecule has 8 nitrogen and oxygen atoms in total. The monoisotopic (exact) mass is 436 g/mol. The summed E-state index contributed by atoms with van der Waals surface area (Å²) < 4.78 is 26.6. The first-order chi connectivity index (χ1) is 13.8. The van der Waals surface area contributed by atoms with Crippen LogP contribution in [0.3, 0.4) is 0 Å². The van der Waals surface area contributed by atoms with E-state index in [-0.39, 0.29) is 29.7 Å². The van der Waals surface area contributed by atoms with Gasteiger partial charge in [0.25, 0.3) is 0 Å². The highest BCUT2D eigenvalue weighted by Crippen LogP contribution is 2.28. The number of nitrogens with zero attached hydrogens (tertiary/aromatic N) is 3. The summed E-state index contributed by atoms with van der Waals surface area (Å²) in [6, 6.07) is 6.22. The number of hydrogen-bond acceptors (Lipinski definition) is 6. The number of thiazole rings is 1. The van der Waals surface area contributed by atoms with Gasteiger partial charge in [0.1, 0.15) is 0 Å². The van der Waals surface area contributed by atoms with Gasteiger partial charge in [-0.3, -0.25) is 9.59 Å². The Labute approximate surface area is 174 Å². The maximum Gasteiger partial charge on any atom is 0.243 e. The molecule has 2 heterocycles. The quantitative estimate of drug-likeness (QED) is 0.719. The van der Waals surface area contributed by atoms with Crippen molar-refractivity contribution in [2.24, 2.45) is 5.92 Å². The molecule has 1 aromatic heterocycles. The van der Waals surface area contributed by atoms with Crippen LogP contribution >= 0.6 is 11.3 Å². The lowest BCUT2D eigenvalue weighted by Crippen LogP contribution is -2.31. The Morgan fingerprint density at radius 2 is 1.93 bits per heavy atom. The highest BCUT2D eigenvalue weighted by atomic mass is 32.2. The van der Waals surface area contributed by atoms with E-state index >= 15 is 0 Å². The first kappa shape index (κ1) is 21.4. The van der Waals surface area contributed by atoms with Gasteiger partial charge in [-0.25, -0.2) is 13.4 Å². The zero-order chi connectivity index (χ0) is 21.2. The van der Waals surface area contributed by atoms with E-state index in [1.807, 2.05) is 12.3 Å². The van der Waals surface area contributed by atoms with Crippen LogP contribution in [0.15, 0.2) is 34.5 Å². The van der Waals surface area contributed by atoms with Crippen molar-refractivity contribution in [1.29, 1.82) is 0 Å². The number of carbonyl (C=O) groups excluding carboxylic acids is 2. The van der Waals surface area contributed by atoms with Crippen molar-refractivity contribution < 1.29 is 18.0 Å². The number of carbonyl (C=O) groups is 2. The van der Waals surface area contributed by atoms with Crippen molar-refractivity contribution in [2.45, 2.75) is 32.1 Å². The number of benzene rings is 1. The minimum Gasteiger partial charge on any atom is -0.312 e. The highest BCUT2D eigenvalue weighted by Gasteiger charge is 2.35. The molecule has 1 N–H and O–H groups in total. The summed E-state index contributed by atoms with van der Waals surface area (Å²) in [6.45, 7) is 6.45. The molecular formula is C19H24N4O4S2. The molecule has 1 fully saturated rings. The van der Waals surface area contributed by atoms with Crippen LogP contribution in [0.5, 0.6) is 0 Å². The molecule has 1 aliphatic rings. The largest absolute Gasteiger partial charge is 0.312 e. The number of aryl methyl sites for hydroxylation is 1. The molecule has 0 saturated carbocycles. The number of anilines is 2. The molecule has 0 radical (unpaired) electrons. The van der Waals surface area contributed by atoms with E-state index < -0.39 is 15.9 Å². The van der Waals surface area contributed by atoms with Crippen molar-refractivity contribution in [3.63, 3.8) is 0 Å². The topological polar surface area (TPSA) is 99.7 Å². The van der Waals surface area contributed by atoms with Crippen molar-refractivity contribution in [1.82, 2.24) is 9.29 Å². The second kappa shape index (κ2) is 8.60. The van der Waals surface area contributed by atoms with Crippen LogP contribution in [0.2, 0.25) is 0 Å². The average molecular weight is 437 g/mol. The predicted octanol–water partition coefficient (Wildman–Crippen LogP) is 2.47. The maximum absolute atomic E-state index is 12.6. The van der Waals surface area contributed by atoms with Crippen LogP contribution in [-0.2, 0) is 19.6 Å². The van der Waals surface area contributed by atoms with Gasteiger partial charge in [-0.1, -0.05) is 13.8 Å². The number of aromatic nitrogens is 1. The summed E-state index contributed by atoms with van der Waals surface area (Å²) >= 11 is 1.34. The fourth-order valence-electron chi connectivity index (χ4n) is 3.26. The van der Waals surface area contributed by atoms with E-state index in [0.717, 1.165) is 5.69 Å². The molecule has 1 aliphatic heterocycles. The summed E-state index contributed by atoms with van der Waals surface area (Å²) in [6.07, 6.45) is 0.107. The predicted molar refractivity (Wildman–Crippen MR) is 112 cm³/mol. The van der Waals surface area contributed by atoms with Gasteiger partial charge < -0.3 is 10.2 Å². The lowest BCUT2D eigenvalue weighted by Gasteiger charge is -2.20. The number of hydrogen-bond donors (Lipinski definition) is 1. The van der Waals surface area contributed by atoms with E-state index in [4.69, 9.17) is 0 Å². The zero-order valence-corrected chi connectivity index (χ0v) is 18.2. The first-order valence-electron chi connectivity index (χ1n) is 9.39. The van der Waals surface area contributed by atoms with Crippen LogP contribution in [0, 0.1) is 12.8 Å². The van der Waals surface area contributed by atoms with Crippen LogP contribution in [0.1, 0.15) is 26.0 Å². The third kappa shape index (κ3) is 4.49. The number of nitrogens with one attached hydrogen (secondary N) is 1. The summed E-state index contributed by atoms with van der Waals surface area (Å²) in [5, 5.41) is 5.12. The average Bonchev–Trinajstić information content (AvgIpc) is 3.28. The zero-order valence-electron chi connectivity index (χ0n) is 16.6. The van der Waals surface area contributed by atoms with Gasteiger partial charge in [0.15, 0.2) is 5.13 Å². The van der Waals surface area contributed by atoms with Crippen molar-refractivity contribution in [3.8, 4) is 0 Å². The minimum absolute atomic E-state index is 0.107. The van der Waals surface area contributed by atoms with E-state index in [1.54, 1.807) is 26.0 Å². The van der Waals surface area contributed by atoms with Gasteiger partial charge >= 0.3 is 0 Å². The normalized spacial score (nSPS) is 17.2. The lowest BCUT2D eigenvalue weighted by atomic mass is 10.1. The van der Waals surface area contributed by atoms with Gasteiger partial charge in [0, 0.05) is 37.1 Å². The second-order valence-corrected chi connectivity index (χ2v) is 9.57. The minimum atomic E-state index is -3.55. The van der Waals surface area contributed by atoms with Crippen molar-refractivity contribution in [2.75, 3.05) is 29.9 Å². The van der Waals surface area contributed by atoms with Crippen molar-refractivity contribution >= 4 is 44.0 Å². The smallest absolute Gasteiger partial charge is 0.243 e. The molecule has 3 rings (SSSR count). The molecule has 0 bridgehead atoms. The standard InChI is InChI=1S/C19H24N4O4S2/c1-4-22(5-2)29(26,27)16-8-6-15(7-9-16)23-11-14(10-17(23)24)18(25)21-19-20-13(3)12-28-19/h6-9,12,14H,4-5,10-11H2,1-3H3,(H,20,21,25). The van der Waals surface area contributed by atoms with E-state index in [2.05, 4.69) is 10.3 Å². The molecule has 1 atom stereocenters. The maximum atomic E-state index is 12.6. The van der Waals surface area contributed by atoms with Crippen molar-refractivity contribution in [3.05, 3.63) is 35.3 Å². The second-order valence-electron chi connectivity index (χ2n) is 6.77. The number of amides is 2. The summed E-state index contributed by atoms with van der Waals surface area (Å²) in [5.41, 5.74) is 1.41. The third-order valence-electron chi connectivity index (χ3n) is 4.84. The fraction of sp³-hybridized carbons (Fsp3) is 0.421. The Hall–Kier alpha value is -2.30. The Bertz CT molecular complexity index is 997. The molecule has 156 valence electrons. The molecule has 0 spiro atoms. The summed E-state index contributed by atoms with van der Waals surface area (Å²) in [4.78, 5) is 30.8. The summed E-state index contributed by atoms with van der Waals surface area (Å²) in [7, 11) is -3.55. The molecule has 29 heavy (non-hydrogen) atoms. The summed E-state index contributed by atoms with van der Waals surface area (Å²) in [5.74, 6) is -0.887.